The van der Waals surface area contributed by atoms with Crippen molar-refractivity contribution < 1.29 is 22.5 Å². The molecule has 1 aromatic carbocycles. The Morgan fingerprint density at radius 3 is 2.53 bits per heavy atom. The van der Waals surface area contributed by atoms with Crippen LogP contribution in [0.15, 0.2) is 17.0 Å². The van der Waals surface area contributed by atoms with Gasteiger partial charge in [0.25, 0.3) is 5.69 Å². The van der Waals surface area contributed by atoms with Crippen LogP contribution in [0.3, 0.4) is 0 Å². The van der Waals surface area contributed by atoms with Crippen molar-refractivity contribution in [3.8, 4) is 5.75 Å². The van der Waals surface area contributed by atoms with Gasteiger partial charge in [-0.15, -0.1) is 11.6 Å². The van der Waals surface area contributed by atoms with Gasteiger partial charge in [0.2, 0.25) is 0 Å². The van der Waals surface area contributed by atoms with Crippen molar-refractivity contribution >= 4 is 27.1 Å². The highest BCUT2D eigenvalue weighted by molar-refractivity contribution is 7.92. The molecule has 1 unspecified atom stereocenters. The number of nitro benzene ring substituents is 1. The minimum Gasteiger partial charge on any atom is -0.494 e. The molecule has 0 spiro atoms. The molecule has 0 aliphatic rings. The number of nitrogens with zero attached hydrogens (tertiary/aromatic N) is 1. The molecular weight excluding hydrogens is 301 g/mol. The third-order valence-electron chi connectivity index (χ3n) is 2.48. The number of ether oxygens (including phenoxy) is 1. The molecule has 106 valence electrons. The molecule has 0 radical (unpaired) electrons. The fourth-order valence-corrected chi connectivity index (χ4v) is 3.14. The smallest absolute Gasteiger partial charge is 0.291 e. The highest BCUT2D eigenvalue weighted by Gasteiger charge is 2.32. The molecule has 0 aliphatic carbocycles. The van der Waals surface area contributed by atoms with E-state index in [1.807, 2.05) is 0 Å². The lowest BCUT2D eigenvalue weighted by atomic mass is 10.3. The van der Waals surface area contributed by atoms with Gasteiger partial charge in [0.05, 0.1) is 23.3 Å². The molecule has 6 nitrogen and oxygen atoms in total. The van der Waals surface area contributed by atoms with Crippen molar-refractivity contribution in [1.29, 1.82) is 0 Å². The molecule has 1 aromatic rings. The van der Waals surface area contributed by atoms with Gasteiger partial charge in [-0.3, -0.25) is 10.1 Å². The molecule has 0 bridgehead atoms. The van der Waals surface area contributed by atoms with Crippen LogP contribution in [0.1, 0.15) is 6.92 Å². The van der Waals surface area contributed by atoms with Crippen molar-refractivity contribution in [2.24, 2.45) is 0 Å². The number of halogens is 2. The monoisotopic (exact) mass is 311 g/mol. The quantitative estimate of drug-likeness (QED) is 0.360. The molecular formula is C10H11ClFNO5S. The minimum atomic E-state index is -4.03. The average Bonchev–Trinajstić information content (AvgIpc) is 2.36. The fourth-order valence-electron chi connectivity index (χ4n) is 1.35. The zero-order chi connectivity index (χ0) is 14.8. The fraction of sp³-hybridized carbons (Fsp3) is 0.400. The second-order valence-corrected chi connectivity index (χ2v) is 6.36. The third-order valence-corrected chi connectivity index (χ3v) is 5.30. The van der Waals surface area contributed by atoms with Crippen molar-refractivity contribution in [2.75, 3.05) is 13.0 Å². The van der Waals surface area contributed by atoms with Crippen LogP contribution in [-0.4, -0.2) is 31.6 Å². The predicted molar refractivity (Wildman–Crippen MR) is 67.0 cm³/mol. The van der Waals surface area contributed by atoms with E-state index in [0.29, 0.717) is 6.07 Å². The summed E-state index contributed by atoms with van der Waals surface area (Å²) in [7, 11) is -2.90. The van der Waals surface area contributed by atoms with E-state index in [1.165, 1.54) is 6.92 Å². The van der Waals surface area contributed by atoms with Gasteiger partial charge in [-0.25, -0.2) is 12.8 Å². The maximum atomic E-state index is 13.4. The number of benzene rings is 1. The molecule has 0 amide bonds. The molecule has 0 aliphatic heterocycles. The Hall–Kier alpha value is -1.41. The largest absolute Gasteiger partial charge is 0.494 e. The number of rotatable bonds is 5. The summed E-state index contributed by atoms with van der Waals surface area (Å²) in [4.78, 5) is 9.26. The van der Waals surface area contributed by atoms with Crippen LogP contribution in [0.2, 0.25) is 0 Å². The van der Waals surface area contributed by atoms with Crippen LogP contribution in [0.4, 0.5) is 10.1 Å². The summed E-state index contributed by atoms with van der Waals surface area (Å²) in [6, 6.07) is 1.32. The molecule has 0 aromatic heterocycles. The zero-order valence-electron chi connectivity index (χ0n) is 10.1. The molecule has 0 saturated heterocycles. The summed E-state index contributed by atoms with van der Waals surface area (Å²) in [6.45, 7) is 1.31. The molecule has 0 saturated carbocycles. The summed E-state index contributed by atoms with van der Waals surface area (Å²) in [6.07, 6.45) is 0. The van der Waals surface area contributed by atoms with Gasteiger partial charge in [0.1, 0.15) is 4.90 Å². The highest BCUT2D eigenvalue weighted by atomic mass is 35.5. The van der Waals surface area contributed by atoms with E-state index in [0.717, 1.165) is 13.2 Å². The van der Waals surface area contributed by atoms with Crippen molar-refractivity contribution in [3.63, 3.8) is 0 Å². The molecule has 1 rings (SSSR count). The van der Waals surface area contributed by atoms with E-state index in [4.69, 9.17) is 11.6 Å². The second kappa shape index (κ2) is 5.70. The van der Waals surface area contributed by atoms with Crippen molar-refractivity contribution in [2.45, 2.75) is 17.1 Å². The Bertz CT molecular complexity index is 604. The van der Waals surface area contributed by atoms with Gasteiger partial charge in [-0.2, -0.15) is 0 Å². The van der Waals surface area contributed by atoms with Crippen LogP contribution in [-0.2, 0) is 9.84 Å². The standard InChI is InChI=1S/C10H11ClFNO5S/c1-6(5-11)19(16,17)10-4-9(18-2)7(12)3-8(10)13(14)15/h3-4,6H,5H2,1-2H3. The SMILES string of the molecule is COc1cc(S(=O)(=O)C(C)CCl)c([N+](=O)[O-])cc1F. The number of methoxy groups -OCH3 is 1. The van der Waals surface area contributed by atoms with Crippen LogP contribution in [0.25, 0.3) is 0 Å². The number of sulfone groups is 1. The van der Waals surface area contributed by atoms with Crippen LogP contribution >= 0.6 is 11.6 Å². The van der Waals surface area contributed by atoms with Crippen molar-refractivity contribution in [3.05, 3.63) is 28.1 Å². The van der Waals surface area contributed by atoms with Gasteiger partial charge in [0, 0.05) is 11.9 Å². The van der Waals surface area contributed by atoms with Gasteiger partial charge < -0.3 is 4.74 Å². The molecule has 19 heavy (non-hydrogen) atoms. The van der Waals surface area contributed by atoms with Gasteiger partial charge >= 0.3 is 0 Å². The summed E-state index contributed by atoms with van der Waals surface area (Å²) in [5.41, 5.74) is -0.838. The van der Waals surface area contributed by atoms with E-state index in [2.05, 4.69) is 4.74 Å². The van der Waals surface area contributed by atoms with Gasteiger partial charge in [-0.1, -0.05) is 0 Å². The van der Waals surface area contributed by atoms with Gasteiger partial charge in [-0.05, 0) is 6.92 Å². The molecule has 0 fully saturated rings. The van der Waals surface area contributed by atoms with Crippen LogP contribution in [0, 0.1) is 15.9 Å². The maximum absolute atomic E-state index is 13.4. The summed E-state index contributed by atoms with van der Waals surface area (Å²) in [5.74, 6) is -1.63. The lowest BCUT2D eigenvalue weighted by Crippen LogP contribution is -2.20. The topological polar surface area (TPSA) is 86.5 Å². The number of nitro groups is 1. The molecule has 0 N–H and O–H groups in total. The normalized spacial score (nSPS) is 13.1. The molecule has 0 heterocycles. The third kappa shape index (κ3) is 2.95. The van der Waals surface area contributed by atoms with E-state index in [1.54, 1.807) is 0 Å². The van der Waals surface area contributed by atoms with E-state index in [-0.39, 0.29) is 11.6 Å². The van der Waals surface area contributed by atoms with Crippen LogP contribution in [0.5, 0.6) is 5.75 Å². The highest BCUT2D eigenvalue weighted by Crippen LogP contribution is 2.33. The number of hydrogen-bond donors (Lipinski definition) is 0. The minimum absolute atomic E-state index is 0.237. The van der Waals surface area contributed by atoms with E-state index in [9.17, 15) is 22.9 Å². The first kappa shape index (κ1) is 15.6. The lowest BCUT2D eigenvalue weighted by Gasteiger charge is -2.11. The summed E-state index contributed by atoms with van der Waals surface area (Å²) in [5, 5.41) is 9.79. The Labute approximate surface area is 114 Å². The first-order valence-corrected chi connectivity index (χ1v) is 7.15. The van der Waals surface area contributed by atoms with Crippen LogP contribution < -0.4 is 4.74 Å². The Morgan fingerprint density at radius 2 is 2.11 bits per heavy atom. The lowest BCUT2D eigenvalue weighted by molar-refractivity contribution is -0.388. The second-order valence-electron chi connectivity index (χ2n) is 3.72. The molecule has 1 atom stereocenters. The summed E-state index contributed by atoms with van der Waals surface area (Å²) >= 11 is 5.47. The maximum Gasteiger partial charge on any atom is 0.291 e. The number of alkyl halides is 1. The Kier molecular flexibility index (Phi) is 4.70. The molecule has 9 heteroatoms. The zero-order valence-corrected chi connectivity index (χ0v) is 11.7. The summed E-state index contributed by atoms with van der Waals surface area (Å²) < 4.78 is 42.2. The Balaban J connectivity index is 3.61. The Morgan fingerprint density at radius 1 is 1.53 bits per heavy atom. The first-order chi connectivity index (χ1) is 8.75. The first-order valence-electron chi connectivity index (χ1n) is 5.07. The number of hydrogen-bond acceptors (Lipinski definition) is 5. The van der Waals surface area contributed by atoms with Crippen molar-refractivity contribution in [1.82, 2.24) is 0 Å². The predicted octanol–water partition coefficient (Wildman–Crippen LogP) is 2.14. The van der Waals surface area contributed by atoms with Gasteiger partial charge in [0.15, 0.2) is 21.4 Å². The average molecular weight is 312 g/mol. The van der Waals surface area contributed by atoms with E-state index >= 15 is 0 Å². The van der Waals surface area contributed by atoms with E-state index < -0.39 is 36.4 Å².